The third-order valence-electron chi connectivity index (χ3n) is 11.1. The second kappa shape index (κ2) is 18.4. The Morgan fingerprint density at radius 3 is 0.883 bits per heavy atom. The van der Waals surface area contributed by atoms with Crippen molar-refractivity contribution in [2.45, 2.75) is 0 Å². The van der Waals surface area contributed by atoms with Gasteiger partial charge in [-0.25, -0.2) is 0 Å². The van der Waals surface area contributed by atoms with Gasteiger partial charge in [-0.2, -0.15) is 0 Å². The highest BCUT2D eigenvalue weighted by atomic mass is 14.7. The van der Waals surface area contributed by atoms with Gasteiger partial charge in [-0.1, -0.05) is 263 Å². The number of nitrogens with zero attached hydrogens (tertiary/aromatic N) is 2. The molecule has 0 unspecified atom stereocenters. The Bertz CT molecular complexity index is 2550. The van der Waals surface area contributed by atoms with Crippen LogP contribution in [0.4, 0.5) is 0 Å². The predicted molar refractivity (Wildman–Crippen MR) is 257 cm³/mol. The second-order valence-corrected chi connectivity index (χ2v) is 14.9. The van der Waals surface area contributed by atoms with E-state index in [2.05, 4.69) is 231 Å². The first kappa shape index (κ1) is 38.0. The van der Waals surface area contributed by atoms with Crippen molar-refractivity contribution >= 4 is 58.4 Å². The molecule has 2 aromatic heterocycles. The predicted octanol–water partition coefficient (Wildman–Crippen LogP) is 10.6. The van der Waals surface area contributed by atoms with Gasteiger partial charge in [-0.15, -0.1) is 0 Å². The molecule has 0 N–H and O–H groups in total. The van der Waals surface area contributed by atoms with Gasteiger partial charge in [0.15, 0.2) is 0 Å². The summed E-state index contributed by atoms with van der Waals surface area (Å²) in [6.07, 6.45) is 8.44. The Morgan fingerprint density at radius 1 is 0.300 bits per heavy atom. The quantitative estimate of drug-likeness (QED) is 0.116. The largest absolute Gasteiger partial charge is 0.256 e. The molecule has 0 spiro atoms. The zero-order chi connectivity index (χ0) is 40.4. The van der Waals surface area contributed by atoms with Crippen molar-refractivity contribution < 1.29 is 0 Å². The summed E-state index contributed by atoms with van der Waals surface area (Å²) >= 11 is 0. The molecule has 7 aromatic carbocycles. The summed E-state index contributed by atoms with van der Waals surface area (Å²) < 4.78 is 0. The fourth-order valence-electron chi connectivity index (χ4n) is 8.28. The lowest BCUT2D eigenvalue weighted by Crippen LogP contribution is -2.43. The van der Waals surface area contributed by atoms with E-state index in [-0.39, 0.29) is 13.4 Å². The lowest BCUT2D eigenvalue weighted by Gasteiger charge is -2.20. The Morgan fingerprint density at radius 2 is 0.583 bits per heavy atom. The van der Waals surface area contributed by atoms with Crippen LogP contribution in [0, 0.1) is 0 Å². The summed E-state index contributed by atoms with van der Waals surface area (Å²) in [6, 6.07) is 81.7. The van der Waals surface area contributed by atoms with Gasteiger partial charge in [0.2, 0.25) is 13.4 Å². The molecular formula is C56H42B2N2. The molecule has 60 heavy (non-hydrogen) atoms. The summed E-state index contributed by atoms with van der Waals surface area (Å²) in [5.41, 5.74) is 15.8. The highest BCUT2D eigenvalue weighted by molar-refractivity contribution is 7.01. The van der Waals surface area contributed by atoms with Gasteiger partial charge in [0.1, 0.15) is 0 Å². The molecule has 0 fully saturated rings. The Hall–Kier alpha value is -7.55. The van der Waals surface area contributed by atoms with Crippen molar-refractivity contribution in [1.29, 1.82) is 0 Å². The minimum absolute atomic E-state index is 0.0185. The molecule has 0 amide bonds. The van der Waals surface area contributed by atoms with Gasteiger partial charge in [-0.05, 0) is 23.3 Å². The van der Waals surface area contributed by atoms with E-state index in [0.29, 0.717) is 0 Å². The van der Waals surface area contributed by atoms with E-state index in [4.69, 9.17) is 9.97 Å². The molecule has 0 saturated heterocycles. The highest BCUT2D eigenvalue weighted by Gasteiger charge is 2.27. The Balaban J connectivity index is 1.13. The van der Waals surface area contributed by atoms with Crippen LogP contribution in [0.1, 0.15) is 22.3 Å². The van der Waals surface area contributed by atoms with Gasteiger partial charge in [0.25, 0.3) is 0 Å². The lowest BCUT2D eigenvalue weighted by molar-refractivity contribution is 1.30. The van der Waals surface area contributed by atoms with Gasteiger partial charge in [0, 0.05) is 34.6 Å². The van der Waals surface area contributed by atoms with Crippen LogP contribution in [0.3, 0.4) is 0 Å². The van der Waals surface area contributed by atoms with E-state index in [1.807, 2.05) is 24.5 Å². The van der Waals surface area contributed by atoms with E-state index in [9.17, 15) is 0 Å². The molecule has 0 bridgehead atoms. The number of benzene rings is 7. The molecule has 2 heterocycles. The van der Waals surface area contributed by atoms with Crippen LogP contribution < -0.4 is 21.9 Å². The minimum Gasteiger partial charge on any atom is -0.256 e. The number of hydrogen-bond acceptors (Lipinski definition) is 2. The third kappa shape index (κ3) is 8.50. The van der Waals surface area contributed by atoms with Crippen LogP contribution in [-0.4, -0.2) is 23.4 Å². The zero-order valence-corrected chi connectivity index (χ0v) is 33.3. The van der Waals surface area contributed by atoms with Crippen molar-refractivity contribution in [2.75, 3.05) is 0 Å². The molecule has 9 aromatic rings. The van der Waals surface area contributed by atoms with Crippen LogP contribution in [0.2, 0.25) is 0 Å². The maximum atomic E-state index is 5.00. The van der Waals surface area contributed by atoms with Crippen LogP contribution in [0.25, 0.3) is 45.6 Å². The maximum Gasteiger partial charge on any atom is 0.241 e. The molecule has 2 nitrogen and oxygen atoms in total. The molecule has 9 rings (SSSR count). The molecule has 0 aliphatic carbocycles. The molecule has 0 aliphatic rings. The fourth-order valence-corrected chi connectivity index (χ4v) is 8.28. The van der Waals surface area contributed by atoms with Crippen molar-refractivity contribution in [1.82, 2.24) is 9.97 Å². The first-order chi connectivity index (χ1) is 29.8. The third-order valence-corrected chi connectivity index (χ3v) is 11.1. The molecule has 0 saturated carbocycles. The lowest BCUT2D eigenvalue weighted by atomic mass is 9.35. The zero-order valence-electron chi connectivity index (χ0n) is 33.3. The van der Waals surface area contributed by atoms with Gasteiger partial charge < -0.3 is 0 Å². The number of pyridine rings is 2. The number of hydrogen-bond donors (Lipinski definition) is 0. The SMILES string of the molecule is C(=C(/B(c1ccccc1)c1ccccc1)c1ccccc1)/c1cccnc1-c1ccc(-c2ncccc2/C=C(\B(c2ccccc2)c2ccccc2)c2ccccc2)cc1. The summed E-state index contributed by atoms with van der Waals surface area (Å²) in [7, 11) is 0. The van der Waals surface area contributed by atoms with Crippen LogP contribution >= 0.6 is 0 Å². The average Bonchev–Trinajstić information content (AvgIpc) is 3.33. The topological polar surface area (TPSA) is 25.8 Å². The monoisotopic (exact) mass is 764 g/mol. The first-order valence-corrected chi connectivity index (χ1v) is 20.5. The standard InChI is InChI=1S/C56H42B2N2/c1-7-21-43(22-8-1)53(57(49-27-11-3-12-28-49)50-29-13-4-14-30-50)41-47-25-19-39-59-55(47)45-35-37-46(38-36-45)56-48(26-20-40-60-56)42-54(44-23-9-2-10-24-44)58(51-31-15-5-16-32-51)52-33-17-6-18-34-52/h1-42H/b53-41-,54-42-. The van der Waals surface area contributed by atoms with Crippen LogP contribution in [0.5, 0.6) is 0 Å². The van der Waals surface area contributed by atoms with E-state index in [1.54, 1.807) is 0 Å². The molecular weight excluding hydrogens is 722 g/mol. The fraction of sp³-hybridized carbons (Fsp3) is 0. The van der Waals surface area contributed by atoms with Crippen molar-refractivity contribution in [3.63, 3.8) is 0 Å². The van der Waals surface area contributed by atoms with Gasteiger partial charge >= 0.3 is 0 Å². The Labute approximate surface area is 354 Å². The molecule has 4 heteroatoms. The molecule has 282 valence electrons. The highest BCUT2D eigenvalue weighted by Crippen LogP contribution is 2.32. The molecule has 0 radical (unpaired) electrons. The molecule has 0 aliphatic heterocycles. The summed E-state index contributed by atoms with van der Waals surface area (Å²) in [4.78, 5) is 10.0. The smallest absolute Gasteiger partial charge is 0.241 e. The summed E-state index contributed by atoms with van der Waals surface area (Å²) in [6.45, 7) is 0.0371. The van der Waals surface area contributed by atoms with Crippen molar-refractivity contribution in [3.8, 4) is 22.5 Å². The van der Waals surface area contributed by atoms with E-state index in [1.165, 1.54) is 43.9 Å². The molecule has 0 atom stereocenters. The summed E-state index contributed by atoms with van der Waals surface area (Å²) in [5.74, 6) is 0. The second-order valence-electron chi connectivity index (χ2n) is 14.9. The van der Waals surface area contributed by atoms with Crippen molar-refractivity contribution in [2.24, 2.45) is 0 Å². The number of rotatable bonds is 12. The minimum atomic E-state index is 0.0185. The summed E-state index contributed by atoms with van der Waals surface area (Å²) in [5, 5.41) is 0. The number of aromatic nitrogens is 2. The first-order valence-electron chi connectivity index (χ1n) is 20.5. The average molecular weight is 765 g/mol. The van der Waals surface area contributed by atoms with Crippen LogP contribution in [0.15, 0.2) is 243 Å². The maximum absolute atomic E-state index is 5.00. The van der Waals surface area contributed by atoms with E-state index < -0.39 is 0 Å². The Kier molecular flexibility index (Phi) is 11.6. The van der Waals surface area contributed by atoms with Crippen LogP contribution in [-0.2, 0) is 0 Å². The van der Waals surface area contributed by atoms with Crippen molar-refractivity contribution in [3.05, 3.63) is 265 Å². The van der Waals surface area contributed by atoms with Gasteiger partial charge in [0.05, 0.1) is 11.4 Å². The van der Waals surface area contributed by atoms with Gasteiger partial charge in [-0.3, -0.25) is 9.97 Å². The van der Waals surface area contributed by atoms with E-state index in [0.717, 1.165) is 33.6 Å². The normalized spacial score (nSPS) is 11.5. The van der Waals surface area contributed by atoms with E-state index >= 15 is 0 Å².